The lowest BCUT2D eigenvalue weighted by Gasteiger charge is -2.29. The van der Waals surface area contributed by atoms with Crippen molar-refractivity contribution in [3.8, 4) is 0 Å². The highest BCUT2D eigenvalue weighted by Crippen LogP contribution is 2.43. The average molecular weight is 395 g/mol. The van der Waals surface area contributed by atoms with E-state index in [0.29, 0.717) is 5.17 Å². The number of aliphatic imine (C=N–C) groups is 1. The molecule has 0 N–H and O–H groups in total. The molecule has 26 heavy (non-hydrogen) atoms. The third kappa shape index (κ3) is 3.56. The molecule has 2 aliphatic rings. The standard InChI is InChI=1S/C19H26N2O3S2/c1-5-13-8-7-9-14(6-2)17(13)21-15-10-26(23,24)11-16(15)25-19(21)20-18(22)12(3)4/h7-9,12,15-16H,5-6,10-11H2,1-4H3/t15-,16+/m0/s1. The Balaban J connectivity index is 2.15. The zero-order chi connectivity index (χ0) is 19.1. The molecule has 2 aliphatic heterocycles. The van der Waals surface area contributed by atoms with Gasteiger partial charge in [-0.25, -0.2) is 8.42 Å². The van der Waals surface area contributed by atoms with E-state index in [1.54, 1.807) is 0 Å². The van der Waals surface area contributed by atoms with Gasteiger partial charge in [0, 0.05) is 16.9 Å². The molecule has 2 fully saturated rings. The van der Waals surface area contributed by atoms with Gasteiger partial charge in [-0.05, 0) is 24.0 Å². The predicted molar refractivity (Wildman–Crippen MR) is 109 cm³/mol. The number of amides is 1. The third-order valence-corrected chi connectivity index (χ3v) is 8.18. The molecule has 0 spiro atoms. The summed E-state index contributed by atoms with van der Waals surface area (Å²) in [5.41, 5.74) is 3.38. The Morgan fingerprint density at radius 2 is 1.85 bits per heavy atom. The Morgan fingerprint density at radius 3 is 2.38 bits per heavy atom. The van der Waals surface area contributed by atoms with Crippen molar-refractivity contribution in [1.29, 1.82) is 0 Å². The molecule has 7 heteroatoms. The van der Waals surface area contributed by atoms with Crippen molar-refractivity contribution in [2.75, 3.05) is 16.4 Å². The van der Waals surface area contributed by atoms with Gasteiger partial charge in [0.05, 0.1) is 17.5 Å². The minimum Gasteiger partial charge on any atom is -0.315 e. The summed E-state index contributed by atoms with van der Waals surface area (Å²) in [6.07, 6.45) is 1.69. The lowest BCUT2D eigenvalue weighted by Crippen LogP contribution is -2.39. The number of hydrogen-bond acceptors (Lipinski definition) is 4. The van der Waals surface area contributed by atoms with E-state index < -0.39 is 9.84 Å². The number of fused-ring (bicyclic) bond motifs is 1. The number of aryl methyl sites for hydroxylation is 2. The van der Waals surface area contributed by atoms with Gasteiger partial charge >= 0.3 is 0 Å². The Kier molecular flexibility index (Phi) is 5.49. The molecular weight excluding hydrogens is 368 g/mol. The minimum atomic E-state index is -3.06. The Hall–Kier alpha value is -1.34. The van der Waals surface area contributed by atoms with Crippen LogP contribution in [0.5, 0.6) is 0 Å². The molecule has 0 unspecified atom stereocenters. The van der Waals surface area contributed by atoms with Gasteiger partial charge in [0.1, 0.15) is 0 Å². The SMILES string of the molecule is CCc1cccc(CC)c1N1C(=NC(=O)C(C)C)S[C@@H]2CS(=O)(=O)C[C@@H]21. The smallest absolute Gasteiger partial charge is 0.250 e. The van der Waals surface area contributed by atoms with E-state index >= 15 is 0 Å². The fraction of sp³-hybridized carbons (Fsp3) is 0.579. The van der Waals surface area contributed by atoms with Crippen molar-refractivity contribution >= 4 is 38.4 Å². The number of anilines is 1. The second kappa shape index (κ2) is 7.35. The molecule has 1 amide bonds. The molecule has 0 bridgehead atoms. The van der Waals surface area contributed by atoms with Crippen molar-refractivity contribution in [3.63, 3.8) is 0 Å². The molecule has 3 rings (SSSR count). The highest BCUT2D eigenvalue weighted by molar-refractivity contribution is 8.16. The number of amidine groups is 1. The van der Waals surface area contributed by atoms with Crippen LogP contribution >= 0.6 is 11.8 Å². The second-order valence-corrected chi connectivity index (χ2v) is 10.6. The minimum absolute atomic E-state index is 0.0617. The van der Waals surface area contributed by atoms with E-state index in [9.17, 15) is 13.2 Å². The second-order valence-electron chi connectivity index (χ2n) is 7.19. The number of hydrogen-bond donors (Lipinski definition) is 0. The maximum absolute atomic E-state index is 12.3. The van der Waals surface area contributed by atoms with Gasteiger partial charge in [0.2, 0.25) is 0 Å². The van der Waals surface area contributed by atoms with Crippen molar-refractivity contribution in [3.05, 3.63) is 29.3 Å². The van der Waals surface area contributed by atoms with Crippen LogP contribution in [-0.2, 0) is 27.5 Å². The molecule has 1 aromatic rings. The predicted octanol–water partition coefficient (Wildman–Crippen LogP) is 3.07. The van der Waals surface area contributed by atoms with Crippen molar-refractivity contribution in [2.24, 2.45) is 10.9 Å². The molecule has 2 atom stereocenters. The molecule has 1 aromatic carbocycles. The number of rotatable bonds is 4. The first kappa shape index (κ1) is 19.4. The topological polar surface area (TPSA) is 66.8 Å². The maximum Gasteiger partial charge on any atom is 0.250 e. The van der Waals surface area contributed by atoms with Gasteiger partial charge in [-0.1, -0.05) is 57.7 Å². The van der Waals surface area contributed by atoms with Crippen LogP contribution in [0.2, 0.25) is 0 Å². The normalized spacial score (nSPS) is 25.9. The van der Waals surface area contributed by atoms with Crippen LogP contribution in [0.15, 0.2) is 23.2 Å². The van der Waals surface area contributed by atoms with E-state index in [-0.39, 0.29) is 34.6 Å². The molecule has 2 heterocycles. The molecule has 142 valence electrons. The summed E-state index contributed by atoms with van der Waals surface area (Å²) in [6.45, 7) is 7.86. The van der Waals surface area contributed by atoms with Crippen molar-refractivity contribution in [2.45, 2.75) is 51.8 Å². The number of carbonyl (C=O) groups is 1. The highest BCUT2D eigenvalue weighted by Gasteiger charge is 2.50. The first-order valence-electron chi connectivity index (χ1n) is 9.17. The van der Waals surface area contributed by atoms with E-state index in [4.69, 9.17) is 0 Å². The van der Waals surface area contributed by atoms with Crippen LogP contribution in [0.3, 0.4) is 0 Å². The fourth-order valence-corrected chi connectivity index (χ4v) is 7.48. The summed E-state index contributed by atoms with van der Waals surface area (Å²) in [4.78, 5) is 18.7. The lowest BCUT2D eigenvalue weighted by atomic mass is 10.0. The molecule has 0 aromatic heterocycles. The Bertz CT molecular complexity index is 824. The number of thioether (sulfide) groups is 1. The van der Waals surface area contributed by atoms with Crippen LogP contribution in [-0.4, -0.2) is 42.3 Å². The summed E-state index contributed by atoms with van der Waals surface area (Å²) in [7, 11) is -3.06. The number of sulfone groups is 1. The van der Waals surface area contributed by atoms with Crippen LogP contribution in [0.25, 0.3) is 0 Å². The zero-order valence-electron chi connectivity index (χ0n) is 15.7. The number of carbonyl (C=O) groups excluding carboxylic acids is 1. The molecule has 2 saturated heterocycles. The summed E-state index contributed by atoms with van der Waals surface area (Å²) in [5.74, 6) is -0.0573. The molecular formula is C19H26N2O3S2. The largest absolute Gasteiger partial charge is 0.315 e. The van der Waals surface area contributed by atoms with E-state index in [1.807, 2.05) is 19.9 Å². The van der Waals surface area contributed by atoms with Gasteiger partial charge in [0.25, 0.3) is 5.91 Å². The van der Waals surface area contributed by atoms with Crippen LogP contribution in [0.1, 0.15) is 38.8 Å². The van der Waals surface area contributed by atoms with Crippen LogP contribution < -0.4 is 4.90 Å². The molecule has 0 saturated carbocycles. The summed E-state index contributed by atoms with van der Waals surface area (Å²) in [6, 6.07) is 6.06. The van der Waals surface area contributed by atoms with E-state index in [0.717, 1.165) is 18.5 Å². The van der Waals surface area contributed by atoms with Gasteiger partial charge in [-0.2, -0.15) is 4.99 Å². The van der Waals surface area contributed by atoms with E-state index in [2.05, 4.69) is 35.9 Å². The van der Waals surface area contributed by atoms with Gasteiger partial charge < -0.3 is 4.90 Å². The zero-order valence-corrected chi connectivity index (χ0v) is 17.4. The van der Waals surface area contributed by atoms with Gasteiger partial charge in [-0.15, -0.1) is 0 Å². The maximum atomic E-state index is 12.3. The van der Waals surface area contributed by atoms with Gasteiger partial charge in [0.15, 0.2) is 15.0 Å². The number of nitrogens with zero attached hydrogens (tertiary/aromatic N) is 2. The Morgan fingerprint density at radius 1 is 1.23 bits per heavy atom. The van der Waals surface area contributed by atoms with Crippen LogP contribution in [0.4, 0.5) is 5.69 Å². The monoisotopic (exact) mass is 394 g/mol. The quantitative estimate of drug-likeness (QED) is 0.785. The first-order valence-corrected chi connectivity index (χ1v) is 11.9. The summed E-state index contributed by atoms with van der Waals surface area (Å²) < 4.78 is 24.4. The lowest BCUT2D eigenvalue weighted by molar-refractivity contribution is -0.120. The fourth-order valence-electron chi connectivity index (χ4n) is 3.57. The third-order valence-electron chi connectivity index (χ3n) is 4.97. The van der Waals surface area contributed by atoms with Crippen LogP contribution in [0, 0.1) is 5.92 Å². The highest BCUT2D eigenvalue weighted by atomic mass is 32.2. The number of benzene rings is 1. The van der Waals surface area contributed by atoms with Gasteiger partial charge in [-0.3, -0.25) is 4.79 Å². The number of para-hydroxylation sites is 1. The van der Waals surface area contributed by atoms with Crippen molar-refractivity contribution < 1.29 is 13.2 Å². The summed E-state index contributed by atoms with van der Waals surface area (Å²) >= 11 is 1.45. The first-order chi connectivity index (χ1) is 12.3. The van der Waals surface area contributed by atoms with E-state index in [1.165, 1.54) is 22.9 Å². The summed E-state index contributed by atoms with van der Waals surface area (Å²) in [5, 5.41) is 0.595. The Labute approximate surface area is 160 Å². The average Bonchev–Trinajstić information content (AvgIpc) is 3.04. The molecule has 0 aliphatic carbocycles. The van der Waals surface area contributed by atoms with Crippen molar-refractivity contribution in [1.82, 2.24) is 0 Å². The molecule has 0 radical (unpaired) electrons. The molecule has 5 nitrogen and oxygen atoms in total.